The molecule has 1 amide bonds. The second-order valence-corrected chi connectivity index (χ2v) is 10.0. The molecule has 6 nitrogen and oxygen atoms in total. The van der Waals surface area contributed by atoms with E-state index in [-0.39, 0.29) is 18.3 Å². The zero-order chi connectivity index (χ0) is 24.9. The Labute approximate surface area is 232 Å². The molecule has 1 saturated heterocycles. The summed E-state index contributed by atoms with van der Waals surface area (Å²) in [7, 11) is 1.61. The summed E-state index contributed by atoms with van der Waals surface area (Å²) >= 11 is 7.89. The Balaban J connectivity index is 0.00000320. The number of anilines is 1. The van der Waals surface area contributed by atoms with E-state index < -0.39 is 0 Å². The lowest BCUT2D eigenvalue weighted by Gasteiger charge is -2.29. The molecule has 37 heavy (non-hydrogen) atoms. The number of carbonyl (C=O) groups excluding carboxylic acids is 1. The van der Waals surface area contributed by atoms with Crippen LogP contribution in [0.1, 0.15) is 5.56 Å². The van der Waals surface area contributed by atoms with Gasteiger partial charge in [-0.1, -0.05) is 77.5 Å². The molecule has 1 aliphatic rings. The molecular weight excluding hydrogens is 529 g/mol. The van der Waals surface area contributed by atoms with Crippen molar-refractivity contribution < 1.29 is 14.3 Å². The summed E-state index contributed by atoms with van der Waals surface area (Å²) in [6.07, 6.45) is 0.291. The number of halogens is 2. The summed E-state index contributed by atoms with van der Waals surface area (Å²) in [4.78, 5) is 22.5. The van der Waals surface area contributed by atoms with Crippen LogP contribution in [0.25, 0.3) is 21.3 Å². The number of thiazole rings is 1. The average molecular weight is 559 g/mol. The maximum Gasteiger partial charge on any atom is 0.233 e. The lowest BCUT2D eigenvalue weighted by atomic mass is 10.0. The summed E-state index contributed by atoms with van der Waals surface area (Å²) in [6, 6.07) is 22.0. The second-order valence-electron chi connectivity index (χ2n) is 8.66. The molecule has 0 atom stereocenters. The van der Waals surface area contributed by atoms with Crippen LogP contribution in [0.3, 0.4) is 0 Å². The Morgan fingerprint density at radius 2 is 1.76 bits per heavy atom. The van der Waals surface area contributed by atoms with E-state index in [1.165, 1.54) is 11.3 Å². The molecule has 1 aliphatic heterocycles. The fraction of sp³-hybridized carbons (Fsp3) is 0.286. The summed E-state index contributed by atoms with van der Waals surface area (Å²) in [5.74, 6) is 0.652. The number of hydrogen-bond donors (Lipinski definition) is 0. The van der Waals surface area contributed by atoms with Crippen molar-refractivity contribution >= 4 is 56.6 Å². The quantitative estimate of drug-likeness (QED) is 0.267. The van der Waals surface area contributed by atoms with Crippen LogP contribution in [-0.2, 0) is 16.0 Å². The molecule has 0 aliphatic carbocycles. The summed E-state index contributed by atoms with van der Waals surface area (Å²) in [6.45, 7) is 4.46. The molecule has 0 bridgehead atoms. The standard InChI is InChI=1S/C28H28ClN3O3S.ClH/c1-34-24-12-11-23(29)27-26(24)30-28(36-27)32(14-13-31-15-17-35-18-16-31)25(33)19-20-7-9-22(10-8-20)21-5-3-2-4-6-21;/h2-12H,13-19H2,1H3;1H. The third kappa shape index (κ3) is 6.43. The minimum atomic E-state index is 0. The number of nitrogens with zero attached hydrogens (tertiary/aromatic N) is 3. The number of hydrogen-bond acceptors (Lipinski definition) is 6. The lowest BCUT2D eigenvalue weighted by molar-refractivity contribution is -0.118. The number of fused-ring (bicyclic) bond motifs is 1. The minimum Gasteiger partial charge on any atom is -0.494 e. The van der Waals surface area contributed by atoms with Crippen LogP contribution in [0, 0.1) is 0 Å². The smallest absolute Gasteiger partial charge is 0.233 e. The van der Waals surface area contributed by atoms with Gasteiger partial charge in [0, 0.05) is 26.2 Å². The number of morpholine rings is 1. The first-order chi connectivity index (χ1) is 17.6. The molecule has 0 radical (unpaired) electrons. The van der Waals surface area contributed by atoms with Gasteiger partial charge in [-0.15, -0.1) is 12.4 Å². The Bertz CT molecular complexity index is 1330. The molecule has 0 unspecified atom stereocenters. The van der Waals surface area contributed by atoms with Crippen LogP contribution in [0.5, 0.6) is 5.75 Å². The Hall–Kier alpha value is -2.68. The second kappa shape index (κ2) is 12.7. The normalized spacial score (nSPS) is 13.8. The van der Waals surface area contributed by atoms with Gasteiger partial charge in [0.2, 0.25) is 5.91 Å². The number of methoxy groups -OCH3 is 1. The number of ether oxygens (including phenoxy) is 2. The van der Waals surface area contributed by atoms with Gasteiger partial charge in [-0.2, -0.15) is 0 Å². The fourth-order valence-electron chi connectivity index (χ4n) is 4.33. The van der Waals surface area contributed by atoms with E-state index in [9.17, 15) is 4.79 Å². The maximum absolute atomic E-state index is 13.6. The monoisotopic (exact) mass is 557 g/mol. The molecule has 1 fully saturated rings. The maximum atomic E-state index is 13.6. The first-order valence-corrected chi connectivity index (χ1v) is 13.2. The molecule has 4 aromatic rings. The Morgan fingerprint density at radius 3 is 2.46 bits per heavy atom. The molecule has 5 rings (SSSR count). The lowest BCUT2D eigenvalue weighted by Crippen LogP contribution is -2.43. The fourth-order valence-corrected chi connectivity index (χ4v) is 5.63. The van der Waals surface area contributed by atoms with Crippen molar-refractivity contribution in [3.05, 3.63) is 77.3 Å². The first kappa shape index (κ1) is 27.4. The van der Waals surface area contributed by atoms with Crippen LogP contribution in [-0.4, -0.2) is 62.3 Å². The number of benzene rings is 3. The van der Waals surface area contributed by atoms with Gasteiger partial charge in [-0.25, -0.2) is 4.98 Å². The Kier molecular flexibility index (Phi) is 9.40. The van der Waals surface area contributed by atoms with Crippen molar-refractivity contribution in [3.63, 3.8) is 0 Å². The highest BCUT2D eigenvalue weighted by atomic mass is 35.5. The van der Waals surface area contributed by atoms with E-state index in [2.05, 4.69) is 29.2 Å². The van der Waals surface area contributed by atoms with Gasteiger partial charge in [0.1, 0.15) is 11.3 Å². The Morgan fingerprint density at radius 1 is 1.05 bits per heavy atom. The van der Waals surface area contributed by atoms with Gasteiger partial charge >= 0.3 is 0 Å². The van der Waals surface area contributed by atoms with Crippen LogP contribution >= 0.6 is 35.3 Å². The van der Waals surface area contributed by atoms with Gasteiger partial charge in [-0.3, -0.25) is 14.6 Å². The molecule has 0 saturated carbocycles. The summed E-state index contributed by atoms with van der Waals surface area (Å²) < 4.78 is 11.8. The van der Waals surface area contributed by atoms with Crippen LogP contribution in [0.2, 0.25) is 5.02 Å². The van der Waals surface area contributed by atoms with Gasteiger partial charge in [0.05, 0.1) is 36.5 Å². The van der Waals surface area contributed by atoms with E-state index in [1.54, 1.807) is 18.1 Å². The van der Waals surface area contributed by atoms with Crippen molar-refractivity contribution in [1.29, 1.82) is 0 Å². The predicted octanol–water partition coefficient (Wildman–Crippen LogP) is 5.96. The molecule has 1 aromatic heterocycles. The number of amides is 1. The first-order valence-electron chi connectivity index (χ1n) is 12.0. The van der Waals surface area contributed by atoms with E-state index in [1.807, 2.05) is 36.4 Å². The zero-order valence-electron chi connectivity index (χ0n) is 20.6. The van der Waals surface area contributed by atoms with E-state index in [4.69, 9.17) is 26.1 Å². The number of aromatic nitrogens is 1. The minimum absolute atomic E-state index is 0. The summed E-state index contributed by atoms with van der Waals surface area (Å²) in [5.41, 5.74) is 3.93. The number of carbonyl (C=O) groups is 1. The van der Waals surface area contributed by atoms with Crippen LogP contribution in [0.15, 0.2) is 66.7 Å². The third-order valence-corrected chi connectivity index (χ3v) is 7.90. The van der Waals surface area contributed by atoms with Gasteiger partial charge in [-0.05, 0) is 28.8 Å². The van der Waals surface area contributed by atoms with Crippen molar-refractivity contribution in [2.24, 2.45) is 0 Å². The molecule has 9 heteroatoms. The van der Waals surface area contributed by atoms with Crippen LogP contribution < -0.4 is 9.64 Å². The topological polar surface area (TPSA) is 54.9 Å². The highest BCUT2D eigenvalue weighted by molar-refractivity contribution is 7.23. The molecule has 0 N–H and O–H groups in total. The van der Waals surface area contributed by atoms with E-state index in [0.717, 1.165) is 54.2 Å². The van der Waals surface area contributed by atoms with Crippen molar-refractivity contribution in [1.82, 2.24) is 9.88 Å². The molecule has 2 heterocycles. The number of rotatable bonds is 8. The zero-order valence-corrected chi connectivity index (χ0v) is 23.0. The molecule has 194 valence electrons. The van der Waals surface area contributed by atoms with Crippen molar-refractivity contribution in [2.45, 2.75) is 6.42 Å². The highest BCUT2D eigenvalue weighted by Gasteiger charge is 2.23. The van der Waals surface area contributed by atoms with Gasteiger partial charge in [0.25, 0.3) is 0 Å². The third-order valence-electron chi connectivity index (χ3n) is 6.36. The van der Waals surface area contributed by atoms with Gasteiger partial charge in [0.15, 0.2) is 5.13 Å². The summed E-state index contributed by atoms with van der Waals surface area (Å²) in [5, 5.41) is 1.24. The predicted molar refractivity (Wildman–Crippen MR) is 154 cm³/mol. The largest absolute Gasteiger partial charge is 0.494 e. The van der Waals surface area contributed by atoms with E-state index >= 15 is 0 Å². The van der Waals surface area contributed by atoms with Crippen molar-refractivity contribution in [2.75, 3.05) is 51.4 Å². The van der Waals surface area contributed by atoms with E-state index in [0.29, 0.717) is 34.4 Å². The molecule has 3 aromatic carbocycles. The molecule has 0 spiro atoms. The van der Waals surface area contributed by atoms with Crippen LogP contribution in [0.4, 0.5) is 5.13 Å². The van der Waals surface area contributed by atoms with Crippen molar-refractivity contribution in [3.8, 4) is 16.9 Å². The highest BCUT2D eigenvalue weighted by Crippen LogP contribution is 2.39. The average Bonchev–Trinajstić information content (AvgIpc) is 3.37. The van der Waals surface area contributed by atoms with Gasteiger partial charge < -0.3 is 9.47 Å². The molecular formula is C28H29Cl2N3O3S. The SMILES string of the molecule is COc1ccc(Cl)c2sc(N(CCN3CCOCC3)C(=O)Cc3ccc(-c4ccccc4)cc3)nc12.Cl.